The first-order valence-corrected chi connectivity index (χ1v) is 5.45. The average molecular weight is 241 g/mol. The number of methoxy groups -OCH3 is 1. The highest BCUT2D eigenvalue weighted by atomic mass is 79.9. The number of rotatable bonds is 1. The van der Waals surface area contributed by atoms with Crippen LogP contribution in [0.3, 0.4) is 0 Å². The smallest absolute Gasteiger partial charge is 0.122 e. The molecule has 2 unspecified atom stereocenters. The first-order valence-electron chi connectivity index (χ1n) is 4.54. The molecule has 1 nitrogen and oxygen atoms in total. The van der Waals surface area contributed by atoms with Crippen LogP contribution in [0.1, 0.15) is 22.9 Å². The zero-order chi connectivity index (χ0) is 9.42. The molecule has 2 atom stereocenters. The summed E-state index contributed by atoms with van der Waals surface area (Å²) >= 11 is 3.71. The second kappa shape index (κ2) is 3.33. The van der Waals surface area contributed by atoms with Crippen molar-refractivity contribution in [1.29, 1.82) is 0 Å². The van der Waals surface area contributed by atoms with Gasteiger partial charge in [0.15, 0.2) is 0 Å². The topological polar surface area (TPSA) is 9.23 Å². The Morgan fingerprint density at radius 2 is 2.23 bits per heavy atom. The summed E-state index contributed by atoms with van der Waals surface area (Å²) in [4.78, 5) is 0.498. The highest BCUT2D eigenvalue weighted by molar-refractivity contribution is 9.09. The fraction of sp³-hybridized carbons (Fsp3) is 0.455. The molecule has 0 saturated heterocycles. The van der Waals surface area contributed by atoms with Crippen molar-refractivity contribution in [1.82, 2.24) is 0 Å². The minimum absolute atomic E-state index is 0.498. The van der Waals surface area contributed by atoms with E-state index in [1.165, 1.54) is 11.1 Å². The monoisotopic (exact) mass is 240 g/mol. The van der Waals surface area contributed by atoms with Gasteiger partial charge in [0.2, 0.25) is 0 Å². The third-order valence-corrected chi connectivity index (χ3v) is 4.11. The van der Waals surface area contributed by atoms with Crippen LogP contribution in [0, 0.1) is 5.92 Å². The van der Waals surface area contributed by atoms with Gasteiger partial charge in [0, 0.05) is 4.83 Å². The van der Waals surface area contributed by atoms with Crippen molar-refractivity contribution in [3.8, 4) is 5.75 Å². The van der Waals surface area contributed by atoms with Gasteiger partial charge in [-0.3, -0.25) is 0 Å². The SMILES string of the molecule is COc1cccc2c1CC(C)C2Br. The molecule has 1 aliphatic carbocycles. The Morgan fingerprint density at radius 3 is 2.92 bits per heavy atom. The van der Waals surface area contributed by atoms with E-state index in [0.29, 0.717) is 10.7 Å². The van der Waals surface area contributed by atoms with Crippen LogP contribution in [0.5, 0.6) is 5.75 Å². The Labute approximate surface area is 87.2 Å². The van der Waals surface area contributed by atoms with E-state index >= 15 is 0 Å². The minimum atomic E-state index is 0.498. The van der Waals surface area contributed by atoms with E-state index in [0.717, 1.165) is 12.2 Å². The lowest BCUT2D eigenvalue weighted by Crippen LogP contribution is -1.94. The van der Waals surface area contributed by atoms with E-state index in [-0.39, 0.29) is 0 Å². The van der Waals surface area contributed by atoms with E-state index in [9.17, 15) is 0 Å². The van der Waals surface area contributed by atoms with E-state index in [2.05, 4.69) is 35.0 Å². The van der Waals surface area contributed by atoms with Crippen LogP contribution >= 0.6 is 15.9 Å². The van der Waals surface area contributed by atoms with Gasteiger partial charge in [-0.05, 0) is 29.5 Å². The number of hydrogen-bond donors (Lipinski definition) is 0. The highest BCUT2D eigenvalue weighted by Crippen LogP contribution is 2.45. The Morgan fingerprint density at radius 1 is 1.46 bits per heavy atom. The standard InChI is InChI=1S/C11H13BrO/c1-7-6-9-8(11(7)12)4-3-5-10(9)13-2/h3-5,7,11H,6H2,1-2H3. The molecular weight excluding hydrogens is 228 g/mol. The van der Waals surface area contributed by atoms with Crippen molar-refractivity contribution in [3.63, 3.8) is 0 Å². The zero-order valence-electron chi connectivity index (χ0n) is 7.88. The summed E-state index contributed by atoms with van der Waals surface area (Å²) in [5, 5.41) is 0. The van der Waals surface area contributed by atoms with Crippen LogP contribution in [0.2, 0.25) is 0 Å². The van der Waals surface area contributed by atoms with E-state index in [1.54, 1.807) is 7.11 Å². The van der Waals surface area contributed by atoms with Crippen LogP contribution in [0.4, 0.5) is 0 Å². The Bertz CT molecular complexity index is 322. The third kappa shape index (κ3) is 1.37. The number of benzene rings is 1. The molecule has 0 N–H and O–H groups in total. The molecule has 0 spiro atoms. The van der Waals surface area contributed by atoms with Gasteiger partial charge >= 0.3 is 0 Å². The second-order valence-corrected chi connectivity index (χ2v) is 4.60. The maximum absolute atomic E-state index is 5.33. The second-order valence-electron chi connectivity index (χ2n) is 3.61. The lowest BCUT2D eigenvalue weighted by molar-refractivity contribution is 0.409. The van der Waals surface area contributed by atoms with Crippen molar-refractivity contribution in [2.45, 2.75) is 18.2 Å². The van der Waals surface area contributed by atoms with Crippen LogP contribution in [-0.4, -0.2) is 7.11 Å². The summed E-state index contributed by atoms with van der Waals surface area (Å²) in [7, 11) is 1.74. The molecule has 0 heterocycles. The third-order valence-electron chi connectivity index (χ3n) is 2.71. The molecule has 2 heteroatoms. The molecule has 0 bridgehead atoms. The summed E-state index contributed by atoms with van der Waals surface area (Å²) in [5.74, 6) is 1.71. The van der Waals surface area contributed by atoms with Crippen molar-refractivity contribution < 1.29 is 4.74 Å². The van der Waals surface area contributed by atoms with Crippen molar-refractivity contribution in [2.75, 3.05) is 7.11 Å². The van der Waals surface area contributed by atoms with Gasteiger partial charge in [0.25, 0.3) is 0 Å². The van der Waals surface area contributed by atoms with Gasteiger partial charge in [-0.15, -0.1) is 0 Å². The van der Waals surface area contributed by atoms with E-state index < -0.39 is 0 Å². The summed E-state index contributed by atoms with van der Waals surface area (Å²) in [6, 6.07) is 6.28. The summed E-state index contributed by atoms with van der Waals surface area (Å²) in [5.41, 5.74) is 2.77. The molecule has 0 fully saturated rings. The lowest BCUT2D eigenvalue weighted by Gasteiger charge is -2.07. The predicted molar refractivity (Wildman–Crippen MR) is 57.5 cm³/mol. The zero-order valence-corrected chi connectivity index (χ0v) is 9.47. The van der Waals surface area contributed by atoms with Gasteiger partial charge < -0.3 is 4.74 Å². The fourth-order valence-electron chi connectivity index (χ4n) is 1.98. The van der Waals surface area contributed by atoms with Crippen LogP contribution in [0.15, 0.2) is 18.2 Å². The van der Waals surface area contributed by atoms with Gasteiger partial charge in [-0.1, -0.05) is 35.0 Å². The van der Waals surface area contributed by atoms with Crippen LogP contribution in [-0.2, 0) is 6.42 Å². The fourth-order valence-corrected chi connectivity index (χ4v) is 2.60. The molecule has 0 amide bonds. The molecule has 1 aromatic carbocycles. The Kier molecular flexibility index (Phi) is 2.33. The first kappa shape index (κ1) is 9.07. The summed E-state index contributed by atoms with van der Waals surface area (Å²) in [6.07, 6.45) is 1.12. The molecular formula is C11H13BrO. The van der Waals surface area contributed by atoms with Crippen molar-refractivity contribution >= 4 is 15.9 Å². The molecule has 70 valence electrons. The number of ether oxygens (including phenoxy) is 1. The number of fused-ring (bicyclic) bond motifs is 1. The highest BCUT2D eigenvalue weighted by Gasteiger charge is 2.29. The summed E-state index contributed by atoms with van der Waals surface area (Å²) < 4.78 is 5.33. The van der Waals surface area contributed by atoms with Gasteiger partial charge in [0.1, 0.15) is 5.75 Å². The summed E-state index contributed by atoms with van der Waals surface area (Å²) in [6.45, 7) is 2.26. The molecule has 1 aromatic rings. The van der Waals surface area contributed by atoms with Gasteiger partial charge in [-0.25, -0.2) is 0 Å². The van der Waals surface area contributed by atoms with Gasteiger partial charge in [-0.2, -0.15) is 0 Å². The van der Waals surface area contributed by atoms with Gasteiger partial charge in [0.05, 0.1) is 7.11 Å². The minimum Gasteiger partial charge on any atom is -0.496 e. The largest absolute Gasteiger partial charge is 0.496 e. The van der Waals surface area contributed by atoms with E-state index in [4.69, 9.17) is 4.74 Å². The normalized spacial score (nSPS) is 25.8. The maximum atomic E-state index is 5.33. The van der Waals surface area contributed by atoms with Crippen LogP contribution < -0.4 is 4.74 Å². The molecule has 0 saturated carbocycles. The average Bonchev–Trinajstić information content (AvgIpc) is 2.43. The number of hydrogen-bond acceptors (Lipinski definition) is 1. The molecule has 0 radical (unpaired) electrons. The maximum Gasteiger partial charge on any atom is 0.122 e. The first-order chi connectivity index (χ1) is 6.24. The number of halogens is 1. The van der Waals surface area contributed by atoms with Crippen LogP contribution in [0.25, 0.3) is 0 Å². The quantitative estimate of drug-likeness (QED) is 0.685. The molecule has 0 aromatic heterocycles. The van der Waals surface area contributed by atoms with Crippen molar-refractivity contribution in [2.24, 2.45) is 5.92 Å². The lowest BCUT2D eigenvalue weighted by atomic mass is 10.1. The Balaban J connectivity index is 2.49. The van der Waals surface area contributed by atoms with Crippen molar-refractivity contribution in [3.05, 3.63) is 29.3 Å². The number of alkyl halides is 1. The predicted octanol–water partition coefficient (Wildman–Crippen LogP) is 3.32. The molecule has 1 aliphatic rings. The van der Waals surface area contributed by atoms with E-state index in [1.807, 2.05) is 6.07 Å². The molecule has 2 rings (SSSR count). The Hall–Kier alpha value is -0.500. The molecule has 13 heavy (non-hydrogen) atoms. The molecule has 0 aliphatic heterocycles.